The van der Waals surface area contributed by atoms with Crippen LogP contribution in [0.5, 0.6) is 0 Å². The molecule has 4 heterocycles. The third-order valence-corrected chi connectivity index (χ3v) is 5.42. The van der Waals surface area contributed by atoms with E-state index < -0.39 is 23.0 Å². The fraction of sp³-hybridized carbons (Fsp3) is 0.182. The lowest BCUT2D eigenvalue weighted by Crippen LogP contribution is -2.43. The summed E-state index contributed by atoms with van der Waals surface area (Å²) in [6.45, 7) is 3.63. The van der Waals surface area contributed by atoms with Gasteiger partial charge in [0, 0.05) is 55.3 Å². The number of nitrogens with two attached hydrogens (primary N) is 1. The van der Waals surface area contributed by atoms with Crippen LogP contribution in [0.25, 0.3) is 11.1 Å². The van der Waals surface area contributed by atoms with Crippen molar-refractivity contribution in [2.75, 3.05) is 36.8 Å². The van der Waals surface area contributed by atoms with Crippen molar-refractivity contribution in [2.45, 2.75) is 0 Å². The Bertz CT molecular complexity index is 1220. The minimum atomic E-state index is -1.09. The molecule has 3 N–H and O–H groups in total. The maximum Gasteiger partial charge on any atom is 0.218 e. The molecule has 31 heavy (non-hydrogen) atoms. The predicted molar refractivity (Wildman–Crippen MR) is 114 cm³/mol. The summed E-state index contributed by atoms with van der Waals surface area (Å²) in [5.74, 6) is -1.68. The molecule has 2 aliphatic rings. The summed E-state index contributed by atoms with van der Waals surface area (Å²) < 4.78 is 28.4. The first-order valence-electron chi connectivity index (χ1n) is 9.82. The van der Waals surface area contributed by atoms with E-state index in [1.54, 1.807) is 18.5 Å². The molecular weight excluding hydrogens is 402 g/mol. The number of nitrogens with zero attached hydrogens (tertiary/aromatic N) is 4. The van der Waals surface area contributed by atoms with E-state index in [9.17, 15) is 13.6 Å². The molecule has 1 saturated heterocycles. The van der Waals surface area contributed by atoms with E-state index in [0.717, 1.165) is 55.3 Å². The number of carbonyl (C=O) groups excluding carboxylic acids is 1. The Hall–Kier alpha value is -3.72. The van der Waals surface area contributed by atoms with Crippen LogP contribution in [0.15, 0.2) is 47.7 Å². The molecule has 2 aromatic heterocycles. The minimum absolute atomic E-state index is 0.0434. The maximum absolute atomic E-state index is 14.3. The van der Waals surface area contributed by atoms with E-state index in [-0.39, 0.29) is 11.4 Å². The van der Waals surface area contributed by atoms with Crippen molar-refractivity contribution in [3.63, 3.8) is 0 Å². The van der Waals surface area contributed by atoms with Crippen LogP contribution < -0.4 is 16.0 Å². The van der Waals surface area contributed by atoms with Crippen molar-refractivity contribution in [3.8, 4) is 11.1 Å². The molecule has 1 aromatic carbocycles. The molecule has 0 aliphatic carbocycles. The Morgan fingerprint density at radius 3 is 2.55 bits per heavy atom. The predicted octanol–water partition coefficient (Wildman–Crippen LogP) is 2.73. The van der Waals surface area contributed by atoms with Crippen molar-refractivity contribution in [2.24, 2.45) is 4.99 Å². The van der Waals surface area contributed by atoms with Crippen molar-refractivity contribution >= 4 is 28.8 Å². The van der Waals surface area contributed by atoms with Crippen molar-refractivity contribution < 1.29 is 13.6 Å². The number of aromatic nitrogens is 2. The van der Waals surface area contributed by atoms with Gasteiger partial charge in [-0.2, -0.15) is 0 Å². The van der Waals surface area contributed by atoms with Gasteiger partial charge < -0.3 is 16.0 Å². The second-order valence-corrected chi connectivity index (χ2v) is 7.35. The summed E-state index contributed by atoms with van der Waals surface area (Å²) in [5.41, 5.74) is 6.42. The maximum atomic E-state index is 14.3. The van der Waals surface area contributed by atoms with Crippen LogP contribution in [-0.2, 0) is 0 Å². The summed E-state index contributed by atoms with van der Waals surface area (Å²) in [6.07, 6.45) is 3.38. The number of anilines is 2. The van der Waals surface area contributed by atoms with Crippen molar-refractivity contribution in [1.82, 2.24) is 15.3 Å². The quantitative estimate of drug-likeness (QED) is 0.498. The first-order valence-corrected chi connectivity index (χ1v) is 9.82. The molecule has 2 aliphatic heterocycles. The van der Waals surface area contributed by atoms with E-state index >= 15 is 0 Å². The Labute approximate surface area is 176 Å². The molecule has 156 valence electrons. The largest absolute Gasteiger partial charge is 0.396 e. The standard InChI is InChI=1S/C22H18F2N6O/c23-15-2-3-16(25)19(24)18(15)21(31)20-14-9-13(11-28-22(14)29-20)12-1-4-17(27-10-12)30-7-5-26-6-8-30/h1-4,9-11,26H,5-8,25H2. The highest BCUT2D eigenvalue weighted by molar-refractivity contribution is 6.55. The Balaban J connectivity index is 1.42. The Morgan fingerprint density at radius 1 is 1.03 bits per heavy atom. The zero-order valence-corrected chi connectivity index (χ0v) is 16.4. The third-order valence-electron chi connectivity index (χ3n) is 5.42. The second-order valence-electron chi connectivity index (χ2n) is 7.35. The molecule has 7 nitrogen and oxygen atoms in total. The van der Waals surface area contributed by atoms with Gasteiger partial charge in [0.1, 0.15) is 17.3 Å². The highest BCUT2D eigenvalue weighted by Gasteiger charge is 2.32. The van der Waals surface area contributed by atoms with Gasteiger partial charge in [-0.3, -0.25) is 4.79 Å². The van der Waals surface area contributed by atoms with Crippen LogP contribution in [-0.4, -0.2) is 47.6 Å². The number of fused-ring (bicyclic) bond motifs is 1. The molecule has 5 rings (SSSR count). The van der Waals surface area contributed by atoms with Crippen molar-refractivity contribution in [3.05, 3.63) is 65.5 Å². The van der Waals surface area contributed by atoms with E-state index in [1.807, 2.05) is 12.1 Å². The van der Waals surface area contributed by atoms with E-state index in [0.29, 0.717) is 11.4 Å². The van der Waals surface area contributed by atoms with Gasteiger partial charge in [-0.1, -0.05) is 0 Å². The topological polar surface area (TPSA) is 96.5 Å². The SMILES string of the molecule is Nc1ccc(F)c(C(=O)C2=Nc3ncc(-c4ccc(N5CCNCC5)nc4)cc32)c1F. The number of aliphatic imine (C=N–C) groups is 1. The molecule has 3 aromatic rings. The molecule has 0 spiro atoms. The molecular formula is C22H18F2N6O. The number of ketones is 1. The fourth-order valence-corrected chi connectivity index (χ4v) is 3.70. The fourth-order valence-electron chi connectivity index (χ4n) is 3.70. The van der Waals surface area contributed by atoms with Crippen LogP contribution in [0.4, 0.5) is 26.1 Å². The average Bonchev–Trinajstić information content (AvgIpc) is 2.78. The number of carbonyl (C=O) groups is 1. The molecule has 0 unspecified atom stereocenters. The second kappa shape index (κ2) is 7.51. The number of pyridine rings is 2. The molecule has 0 saturated carbocycles. The van der Waals surface area contributed by atoms with Crippen LogP contribution in [0.1, 0.15) is 15.9 Å². The summed E-state index contributed by atoms with van der Waals surface area (Å²) in [7, 11) is 0. The number of piperazine rings is 1. The zero-order valence-electron chi connectivity index (χ0n) is 16.4. The smallest absolute Gasteiger partial charge is 0.218 e. The van der Waals surface area contributed by atoms with Gasteiger partial charge >= 0.3 is 0 Å². The van der Waals surface area contributed by atoms with Crippen LogP contribution >= 0.6 is 0 Å². The van der Waals surface area contributed by atoms with Gasteiger partial charge in [-0.05, 0) is 30.3 Å². The van der Waals surface area contributed by atoms with Gasteiger partial charge in [0.05, 0.1) is 11.3 Å². The molecule has 0 bridgehead atoms. The highest BCUT2D eigenvalue weighted by atomic mass is 19.1. The van der Waals surface area contributed by atoms with E-state index in [2.05, 4.69) is 25.2 Å². The molecule has 0 amide bonds. The number of benzene rings is 1. The summed E-state index contributed by atoms with van der Waals surface area (Å²) in [5, 5.41) is 3.30. The van der Waals surface area contributed by atoms with Gasteiger partial charge in [0.25, 0.3) is 0 Å². The first-order chi connectivity index (χ1) is 15.0. The number of halogens is 2. The summed E-state index contributed by atoms with van der Waals surface area (Å²) >= 11 is 0. The number of nitrogens with one attached hydrogen (secondary N) is 1. The van der Waals surface area contributed by atoms with Gasteiger partial charge in [0.15, 0.2) is 11.6 Å². The van der Waals surface area contributed by atoms with Crippen LogP contribution in [0.3, 0.4) is 0 Å². The lowest BCUT2D eigenvalue weighted by molar-refractivity contribution is 0.105. The van der Waals surface area contributed by atoms with Crippen molar-refractivity contribution in [1.29, 1.82) is 0 Å². The van der Waals surface area contributed by atoms with Crippen LogP contribution in [0.2, 0.25) is 0 Å². The third kappa shape index (κ3) is 3.32. The molecule has 9 heteroatoms. The van der Waals surface area contributed by atoms with E-state index in [4.69, 9.17) is 5.73 Å². The highest BCUT2D eigenvalue weighted by Crippen LogP contribution is 2.34. The van der Waals surface area contributed by atoms with Gasteiger partial charge in [0.2, 0.25) is 5.78 Å². The summed E-state index contributed by atoms with van der Waals surface area (Å²) in [4.78, 5) is 27.8. The Morgan fingerprint density at radius 2 is 1.81 bits per heavy atom. The molecule has 1 fully saturated rings. The van der Waals surface area contributed by atoms with Gasteiger partial charge in [-0.25, -0.2) is 23.7 Å². The Kier molecular flexibility index (Phi) is 4.67. The minimum Gasteiger partial charge on any atom is -0.396 e. The van der Waals surface area contributed by atoms with Crippen LogP contribution in [0, 0.1) is 11.6 Å². The number of Topliss-reactive ketones (excluding diaryl/α,β-unsaturated/α-hetero) is 1. The van der Waals surface area contributed by atoms with Gasteiger partial charge in [-0.15, -0.1) is 0 Å². The normalized spacial score (nSPS) is 15.2. The summed E-state index contributed by atoms with van der Waals surface area (Å²) in [6, 6.07) is 7.65. The number of rotatable bonds is 4. The number of hydrogen-bond acceptors (Lipinski definition) is 7. The lowest BCUT2D eigenvalue weighted by atomic mass is 9.94. The number of hydrogen-bond donors (Lipinski definition) is 2. The van der Waals surface area contributed by atoms with E-state index in [1.165, 1.54) is 0 Å². The zero-order chi connectivity index (χ0) is 21.5. The average molecular weight is 420 g/mol. The first kappa shape index (κ1) is 19.3. The molecule has 0 radical (unpaired) electrons. The lowest BCUT2D eigenvalue weighted by Gasteiger charge is -2.28. The molecule has 0 atom stereocenters. The number of nitrogen functional groups attached to an aromatic ring is 1. The monoisotopic (exact) mass is 420 g/mol.